The Bertz CT molecular complexity index is 2050. The minimum Gasteiger partial charge on any atom is -0.497 e. The van der Waals surface area contributed by atoms with Gasteiger partial charge in [0.1, 0.15) is 11.5 Å². The lowest BCUT2D eigenvalue weighted by Crippen LogP contribution is -2.45. The highest BCUT2D eigenvalue weighted by Gasteiger charge is 2.82. The van der Waals surface area contributed by atoms with Crippen molar-refractivity contribution in [2.24, 2.45) is 11.8 Å². The third kappa shape index (κ3) is 4.04. The normalized spacial score (nSPS) is 24.1. The number of ether oxygens (including phenoxy) is 2. The minimum absolute atomic E-state index is 0.188. The van der Waals surface area contributed by atoms with E-state index in [2.05, 4.69) is 0 Å². The van der Waals surface area contributed by atoms with Gasteiger partial charge in [-0.3, -0.25) is 14.4 Å². The molecule has 0 spiro atoms. The topological polar surface area (TPSA) is 72.9 Å². The van der Waals surface area contributed by atoms with Gasteiger partial charge in [0.25, 0.3) is 0 Å². The fourth-order valence-corrected chi connectivity index (χ4v) is 8.79. The number of halogens is 1. The van der Waals surface area contributed by atoms with Crippen LogP contribution in [0.5, 0.6) is 11.5 Å². The van der Waals surface area contributed by atoms with Gasteiger partial charge in [-0.1, -0.05) is 103 Å². The molecule has 2 amide bonds. The third-order valence-corrected chi connectivity index (χ3v) is 11.0. The fraction of sp³-hybridized carbons (Fsp3) is 0.167. The average molecular weight is 666 g/mol. The number of fused-ring (bicyclic) bond motifs is 5. The predicted molar refractivity (Wildman–Crippen MR) is 190 cm³/mol. The first-order chi connectivity index (χ1) is 23.8. The molecule has 49 heavy (non-hydrogen) atoms. The molecule has 7 heteroatoms. The molecule has 0 aromatic heterocycles. The molecule has 242 valence electrons. The van der Waals surface area contributed by atoms with Crippen LogP contribution in [0.4, 0.5) is 5.69 Å². The van der Waals surface area contributed by atoms with Crippen molar-refractivity contribution >= 4 is 46.0 Å². The number of methoxy groups -OCH3 is 2. The van der Waals surface area contributed by atoms with Gasteiger partial charge in [0.2, 0.25) is 11.8 Å². The van der Waals surface area contributed by atoms with E-state index < -0.39 is 34.5 Å². The Balaban J connectivity index is 1.54. The first kappa shape index (κ1) is 30.8. The van der Waals surface area contributed by atoms with Crippen molar-refractivity contribution in [2.75, 3.05) is 19.1 Å². The van der Waals surface area contributed by atoms with Gasteiger partial charge in [-0.25, -0.2) is 4.90 Å². The van der Waals surface area contributed by atoms with E-state index in [9.17, 15) is 0 Å². The van der Waals surface area contributed by atoms with Crippen molar-refractivity contribution in [1.29, 1.82) is 0 Å². The second kappa shape index (κ2) is 11.3. The minimum atomic E-state index is -1.51. The number of amides is 2. The molecule has 1 saturated carbocycles. The molecule has 4 atom stereocenters. The van der Waals surface area contributed by atoms with Crippen LogP contribution in [-0.4, -0.2) is 31.8 Å². The van der Waals surface area contributed by atoms with Crippen molar-refractivity contribution < 1.29 is 23.9 Å². The highest BCUT2D eigenvalue weighted by molar-refractivity contribution is 6.39. The monoisotopic (exact) mass is 665 g/mol. The number of rotatable bonds is 7. The summed E-state index contributed by atoms with van der Waals surface area (Å²) in [5.41, 5.74) is 2.43. The number of benzene rings is 5. The van der Waals surface area contributed by atoms with Gasteiger partial charge < -0.3 is 9.47 Å². The number of aryl methyl sites for hydroxylation is 1. The van der Waals surface area contributed by atoms with Crippen LogP contribution in [0.2, 0.25) is 5.02 Å². The molecule has 0 radical (unpaired) electrons. The summed E-state index contributed by atoms with van der Waals surface area (Å²) in [5.74, 6) is -1.79. The molecule has 6 nitrogen and oxygen atoms in total. The molecule has 1 heterocycles. The van der Waals surface area contributed by atoms with Crippen LogP contribution in [0, 0.1) is 18.8 Å². The molecule has 1 aliphatic heterocycles. The lowest BCUT2D eigenvalue weighted by atomic mass is 9.59. The molecule has 8 rings (SSSR count). The molecule has 0 unspecified atom stereocenters. The number of carbonyl (C=O) groups excluding carboxylic acids is 3. The summed E-state index contributed by atoms with van der Waals surface area (Å²) in [6.07, 6.45) is 0. The molecule has 3 aliphatic rings. The summed E-state index contributed by atoms with van der Waals surface area (Å²) in [7, 11) is 3.21. The van der Waals surface area contributed by atoms with Gasteiger partial charge in [0.15, 0.2) is 5.78 Å². The maximum atomic E-state index is 16.0. The molecule has 1 saturated heterocycles. The average Bonchev–Trinajstić information content (AvgIpc) is 3.65. The number of imide groups is 1. The van der Waals surface area contributed by atoms with E-state index in [1.807, 2.05) is 116 Å². The first-order valence-corrected chi connectivity index (χ1v) is 16.5. The zero-order chi connectivity index (χ0) is 34.1. The standard InChI is InChI=1S/C42H32ClNO5/c1-25-14-19-30(24-33(25)43)44-38(45)36-37(39(44)46)42(29-12-8-5-9-13-29)35(27-17-22-32(49-3)23-18-27)34(26-15-20-31(48-2)21-16-26)41(36,40(42)47)28-10-6-4-7-11-28/h4-24,36-37H,1-3H3/t36-,37-,41+,42+/m0/s1. The van der Waals surface area contributed by atoms with E-state index >= 15 is 14.4 Å². The Morgan fingerprint density at radius 2 is 1.02 bits per heavy atom. The highest BCUT2D eigenvalue weighted by atomic mass is 35.5. The summed E-state index contributed by atoms with van der Waals surface area (Å²) in [5, 5.41) is 0.445. The third-order valence-electron chi connectivity index (χ3n) is 10.6. The van der Waals surface area contributed by atoms with Crippen LogP contribution in [0.25, 0.3) is 11.1 Å². The molecular formula is C42H32ClNO5. The summed E-state index contributed by atoms with van der Waals surface area (Å²) < 4.78 is 11.0. The predicted octanol–water partition coefficient (Wildman–Crippen LogP) is 7.85. The van der Waals surface area contributed by atoms with Crippen molar-refractivity contribution in [3.63, 3.8) is 0 Å². The van der Waals surface area contributed by atoms with Crippen LogP contribution in [0.15, 0.2) is 127 Å². The summed E-state index contributed by atoms with van der Waals surface area (Å²) in [6.45, 7) is 1.87. The lowest BCUT2D eigenvalue weighted by Gasteiger charge is -2.39. The zero-order valence-electron chi connectivity index (χ0n) is 27.1. The Kier molecular flexibility index (Phi) is 7.12. The van der Waals surface area contributed by atoms with Crippen LogP contribution in [0.1, 0.15) is 27.8 Å². The molecule has 2 aliphatic carbocycles. The van der Waals surface area contributed by atoms with E-state index in [0.717, 1.165) is 16.7 Å². The van der Waals surface area contributed by atoms with Crippen LogP contribution < -0.4 is 14.4 Å². The van der Waals surface area contributed by atoms with Crippen LogP contribution in [-0.2, 0) is 25.2 Å². The number of hydrogen-bond acceptors (Lipinski definition) is 5. The van der Waals surface area contributed by atoms with E-state index in [1.54, 1.807) is 32.4 Å². The van der Waals surface area contributed by atoms with Gasteiger partial charge in [-0.05, 0) is 82.3 Å². The van der Waals surface area contributed by atoms with Crippen molar-refractivity contribution in [1.82, 2.24) is 0 Å². The molecule has 2 fully saturated rings. The Morgan fingerprint density at radius 3 is 1.41 bits per heavy atom. The maximum Gasteiger partial charge on any atom is 0.239 e. The fourth-order valence-electron chi connectivity index (χ4n) is 8.62. The molecular weight excluding hydrogens is 634 g/mol. The second-order valence-corrected chi connectivity index (χ2v) is 13.2. The smallest absolute Gasteiger partial charge is 0.239 e. The number of carbonyl (C=O) groups is 3. The van der Waals surface area contributed by atoms with Crippen molar-refractivity contribution in [3.05, 3.63) is 160 Å². The number of ketones is 1. The van der Waals surface area contributed by atoms with Gasteiger partial charge >= 0.3 is 0 Å². The van der Waals surface area contributed by atoms with Crippen LogP contribution in [0.3, 0.4) is 0 Å². The largest absolute Gasteiger partial charge is 0.497 e. The lowest BCUT2D eigenvalue weighted by molar-refractivity contribution is -0.130. The van der Waals surface area contributed by atoms with E-state index in [1.165, 1.54) is 4.90 Å². The number of Topliss-reactive ketones (excluding diaryl/α,β-unsaturated/α-hetero) is 1. The second-order valence-electron chi connectivity index (χ2n) is 12.8. The Hall–Kier alpha value is -5.46. The van der Waals surface area contributed by atoms with Crippen molar-refractivity contribution in [2.45, 2.75) is 17.8 Å². The number of anilines is 1. The molecule has 5 aromatic carbocycles. The van der Waals surface area contributed by atoms with Gasteiger partial charge in [0.05, 0.1) is 42.6 Å². The maximum absolute atomic E-state index is 16.0. The van der Waals surface area contributed by atoms with E-state index in [-0.39, 0.29) is 5.78 Å². The number of allylic oxidation sites excluding steroid dienone is 2. The SMILES string of the molecule is COc1ccc(C2=C(c3ccc(OC)cc3)[C@@]3(c4ccccc4)C(=O)[C@@]2(c2ccccc2)[C@@H]2C(=O)N(c4ccc(C)c(Cl)c4)C(=O)[C@H]23)cc1. The summed E-state index contributed by atoms with van der Waals surface area (Å²) >= 11 is 6.57. The van der Waals surface area contributed by atoms with E-state index in [4.69, 9.17) is 21.1 Å². The molecule has 5 aromatic rings. The number of hydrogen-bond donors (Lipinski definition) is 0. The van der Waals surface area contributed by atoms with Gasteiger partial charge in [-0.15, -0.1) is 0 Å². The zero-order valence-corrected chi connectivity index (χ0v) is 27.9. The summed E-state index contributed by atoms with van der Waals surface area (Å²) in [6, 6.07) is 39.3. The van der Waals surface area contributed by atoms with E-state index in [0.29, 0.717) is 44.5 Å². The quantitative estimate of drug-likeness (QED) is 0.166. The summed E-state index contributed by atoms with van der Waals surface area (Å²) in [4.78, 5) is 47.6. The van der Waals surface area contributed by atoms with Crippen molar-refractivity contribution in [3.8, 4) is 11.5 Å². The Labute approximate surface area is 289 Å². The highest BCUT2D eigenvalue weighted by Crippen LogP contribution is 2.74. The van der Waals surface area contributed by atoms with Crippen LogP contribution >= 0.6 is 11.6 Å². The Morgan fingerprint density at radius 1 is 0.592 bits per heavy atom. The molecule has 0 N–H and O–H groups in total. The van der Waals surface area contributed by atoms with Gasteiger partial charge in [-0.2, -0.15) is 0 Å². The number of nitrogens with zero attached hydrogens (tertiary/aromatic N) is 1. The first-order valence-electron chi connectivity index (χ1n) is 16.1. The van der Waals surface area contributed by atoms with Gasteiger partial charge in [0, 0.05) is 5.02 Å². The molecule has 2 bridgehead atoms.